The van der Waals surface area contributed by atoms with Gasteiger partial charge in [0.1, 0.15) is 11.5 Å². The van der Waals surface area contributed by atoms with Crippen molar-refractivity contribution >= 4 is 28.1 Å². The number of nitrogen functional groups attached to an aromatic ring is 1. The van der Waals surface area contributed by atoms with Crippen LogP contribution in [0.25, 0.3) is 22.2 Å². The summed E-state index contributed by atoms with van der Waals surface area (Å²) in [7, 11) is 1.48. The summed E-state index contributed by atoms with van der Waals surface area (Å²) in [5.74, 6) is 1.44. The third-order valence-electron chi connectivity index (χ3n) is 5.96. The van der Waals surface area contributed by atoms with E-state index in [0.29, 0.717) is 28.5 Å². The molecule has 9 heteroatoms. The molecule has 1 saturated heterocycles. The van der Waals surface area contributed by atoms with E-state index in [2.05, 4.69) is 37.7 Å². The van der Waals surface area contributed by atoms with E-state index in [0.717, 1.165) is 37.0 Å². The van der Waals surface area contributed by atoms with Crippen molar-refractivity contribution in [3.63, 3.8) is 0 Å². The number of hydrogen-bond donors (Lipinski definition) is 4. The van der Waals surface area contributed by atoms with Crippen LogP contribution in [0.4, 0.5) is 17.3 Å². The number of aromatic amines is 1. The summed E-state index contributed by atoms with van der Waals surface area (Å²) < 4.78 is 5.20. The number of aromatic nitrogens is 4. The zero-order valence-electron chi connectivity index (χ0n) is 18.3. The van der Waals surface area contributed by atoms with Crippen LogP contribution in [-0.2, 0) is 0 Å². The van der Waals surface area contributed by atoms with Crippen molar-refractivity contribution < 1.29 is 4.74 Å². The zero-order valence-corrected chi connectivity index (χ0v) is 18.3. The van der Waals surface area contributed by atoms with Gasteiger partial charge >= 0.3 is 0 Å². The number of ether oxygens (including phenoxy) is 1. The lowest BCUT2D eigenvalue weighted by Crippen LogP contribution is -2.26. The van der Waals surface area contributed by atoms with Crippen LogP contribution in [0.5, 0.6) is 5.88 Å². The number of anilines is 3. The number of nitrogens with two attached hydrogens (primary N) is 1. The van der Waals surface area contributed by atoms with Crippen LogP contribution in [-0.4, -0.2) is 40.1 Å². The van der Waals surface area contributed by atoms with Crippen molar-refractivity contribution in [2.24, 2.45) is 0 Å². The summed E-state index contributed by atoms with van der Waals surface area (Å²) in [4.78, 5) is 28.6. The number of nitrogens with zero attached hydrogens (tertiary/aromatic N) is 3. The molecule has 0 atom stereocenters. The molecule has 0 aliphatic carbocycles. The Kier molecular flexibility index (Phi) is 5.62. The van der Waals surface area contributed by atoms with Gasteiger partial charge in [0.05, 0.1) is 24.4 Å². The van der Waals surface area contributed by atoms with E-state index >= 15 is 0 Å². The second-order valence-electron chi connectivity index (χ2n) is 8.05. The standard InChI is InChI=1S/C24H25N7O2/c1-33-24-21(25)28-13-19(31-24)18-12-16-8-11-27-23(32)20(16)22(30-18)29-17-4-2-14(3-5-17)15-6-9-26-10-7-15/h2-5,8,11-13,15,26H,6-7,9-10H2,1H3,(H2,25,28)(H,27,32)(H,29,30). The lowest BCUT2D eigenvalue weighted by molar-refractivity contribution is 0.399. The molecule has 4 aromatic rings. The Hall–Kier alpha value is -3.98. The zero-order chi connectivity index (χ0) is 22.8. The van der Waals surface area contributed by atoms with Gasteiger partial charge in [0.25, 0.3) is 11.4 Å². The van der Waals surface area contributed by atoms with Crippen LogP contribution < -0.4 is 26.7 Å². The second-order valence-corrected chi connectivity index (χ2v) is 8.05. The Balaban J connectivity index is 1.53. The van der Waals surface area contributed by atoms with Gasteiger partial charge in [0, 0.05) is 11.9 Å². The molecule has 1 aliphatic heterocycles. The number of fused-ring (bicyclic) bond motifs is 1. The van der Waals surface area contributed by atoms with Crippen LogP contribution in [0.3, 0.4) is 0 Å². The van der Waals surface area contributed by atoms with Crippen molar-refractivity contribution in [2.75, 3.05) is 31.2 Å². The van der Waals surface area contributed by atoms with Gasteiger partial charge in [-0.25, -0.2) is 15.0 Å². The summed E-state index contributed by atoms with van der Waals surface area (Å²) in [5, 5.41) is 7.93. The topological polar surface area (TPSA) is 131 Å². The molecule has 33 heavy (non-hydrogen) atoms. The van der Waals surface area contributed by atoms with E-state index in [1.165, 1.54) is 18.9 Å². The third kappa shape index (κ3) is 4.22. The van der Waals surface area contributed by atoms with E-state index < -0.39 is 0 Å². The fourth-order valence-corrected chi connectivity index (χ4v) is 4.22. The molecule has 1 fully saturated rings. The molecule has 4 heterocycles. The lowest BCUT2D eigenvalue weighted by atomic mass is 9.90. The smallest absolute Gasteiger partial charge is 0.259 e. The quantitative estimate of drug-likeness (QED) is 0.370. The molecule has 5 rings (SSSR count). The van der Waals surface area contributed by atoms with Gasteiger partial charge in [-0.2, -0.15) is 0 Å². The van der Waals surface area contributed by atoms with Gasteiger partial charge in [-0.1, -0.05) is 12.1 Å². The number of H-pyrrole nitrogens is 1. The number of hydrogen-bond acceptors (Lipinski definition) is 8. The number of pyridine rings is 2. The first-order valence-corrected chi connectivity index (χ1v) is 10.9. The SMILES string of the molecule is COc1nc(-c2cc3cc[nH]c(=O)c3c(Nc3ccc(C4CCNCC4)cc3)n2)cnc1N. The fourth-order valence-electron chi connectivity index (χ4n) is 4.22. The predicted molar refractivity (Wildman–Crippen MR) is 129 cm³/mol. The molecule has 0 radical (unpaired) electrons. The first kappa shape index (κ1) is 20.9. The van der Waals surface area contributed by atoms with Crippen molar-refractivity contribution in [3.8, 4) is 17.3 Å². The molecule has 168 valence electrons. The maximum Gasteiger partial charge on any atom is 0.259 e. The summed E-state index contributed by atoms with van der Waals surface area (Å²) in [6, 6.07) is 12.0. The average Bonchev–Trinajstić information content (AvgIpc) is 2.85. The minimum absolute atomic E-state index is 0.200. The Morgan fingerprint density at radius 2 is 1.88 bits per heavy atom. The summed E-state index contributed by atoms with van der Waals surface area (Å²) in [6.45, 7) is 2.10. The van der Waals surface area contributed by atoms with E-state index in [1.807, 2.05) is 18.2 Å². The molecule has 3 aromatic heterocycles. The maximum atomic E-state index is 12.6. The molecule has 0 spiro atoms. The Morgan fingerprint density at radius 1 is 1.09 bits per heavy atom. The lowest BCUT2D eigenvalue weighted by Gasteiger charge is -2.23. The number of rotatable bonds is 5. The molecule has 5 N–H and O–H groups in total. The van der Waals surface area contributed by atoms with Crippen LogP contribution in [0, 0.1) is 0 Å². The summed E-state index contributed by atoms with van der Waals surface area (Å²) in [5.41, 5.74) is 8.81. The first-order chi connectivity index (χ1) is 16.1. The van der Waals surface area contributed by atoms with Crippen molar-refractivity contribution in [2.45, 2.75) is 18.8 Å². The van der Waals surface area contributed by atoms with Crippen molar-refractivity contribution in [1.29, 1.82) is 0 Å². The highest BCUT2D eigenvalue weighted by Gasteiger charge is 2.16. The maximum absolute atomic E-state index is 12.6. The summed E-state index contributed by atoms with van der Waals surface area (Å²) >= 11 is 0. The highest BCUT2D eigenvalue weighted by atomic mass is 16.5. The van der Waals surface area contributed by atoms with Crippen LogP contribution in [0.1, 0.15) is 24.3 Å². The Labute approximate surface area is 190 Å². The summed E-state index contributed by atoms with van der Waals surface area (Å²) in [6.07, 6.45) is 5.43. The van der Waals surface area contributed by atoms with Crippen molar-refractivity contribution in [1.82, 2.24) is 25.3 Å². The molecule has 0 bridgehead atoms. The van der Waals surface area contributed by atoms with Gasteiger partial charge in [-0.05, 0) is 67.1 Å². The molecule has 9 nitrogen and oxygen atoms in total. The van der Waals surface area contributed by atoms with E-state index in [1.54, 1.807) is 12.3 Å². The molecular formula is C24H25N7O2. The van der Waals surface area contributed by atoms with E-state index in [9.17, 15) is 4.79 Å². The molecular weight excluding hydrogens is 418 g/mol. The Bertz CT molecular complexity index is 1350. The van der Waals surface area contributed by atoms with E-state index in [4.69, 9.17) is 15.5 Å². The highest BCUT2D eigenvalue weighted by Crippen LogP contribution is 2.30. The largest absolute Gasteiger partial charge is 0.478 e. The highest BCUT2D eigenvalue weighted by molar-refractivity contribution is 5.94. The van der Waals surface area contributed by atoms with Crippen molar-refractivity contribution in [3.05, 3.63) is 64.7 Å². The minimum Gasteiger partial charge on any atom is -0.478 e. The van der Waals surface area contributed by atoms with Gasteiger partial charge in [0.15, 0.2) is 5.82 Å². The van der Waals surface area contributed by atoms with Crippen LogP contribution >= 0.6 is 0 Å². The van der Waals surface area contributed by atoms with Gasteiger partial charge in [-0.3, -0.25) is 4.79 Å². The first-order valence-electron chi connectivity index (χ1n) is 10.9. The fraction of sp³-hybridized carbons (Fsp3) is 0.250. The second kappa shape index (κ2) is 8.87. The third-order valence-corrected chi connectivity index (χ3v) is 5.96. The van der Waals surface area contributed by atoms with Gasteiger partial charge in [-0.15, -0.1) is 0 Å². The predicted octanol–water partition coefficient (Wildman–Crippen LogP) is 3.18. The molecule has 1 aliphatic rings. The molecule has 0 amide bonds. The molecule has 0 unspecified atom stereocenters. The average molecular weight is 444 g/mol. The van der Waals surface area contributed by atoms with Crippen LogP contribution in [0.2, 0.25) is 0 Å². The number of methoxy groups -OCH3 is 1. The van der Waals surface area contributed by atoms with E-state index in [-0.39, 0.29) is 17.3 Å². The Morgan fingerprint density at radius 3 is 2.64 bits per heavy atom. The number of nitrogens with one attached hydrogen (secondary N) is 3. The molecule has 0 saturated carbocycles. The number of piperidine rings is 1. The molecule has 1 aromatic carbocycles. The number of benzene rings is 1. The minimum atomic E-state index is -0.221. The van der Waals surface area contributed by atoms with Crippen LogP contribution in [0.15, 0.2) is 53.6 Å². The van der Waals surface area contributed by atoms with Gasteiger partial charge < -0.3 is 26.1 Å². The van der Waals surface area contributed by atoms with Gasteiger partial charge in [0.2, 0.25) is 0 Å². The normalized spacial score (nSPS) is 14.3. The monoisotopic (exact) mass is 443 g/mol.